The Kier molecular flexibility index (Phi) is 10.2. The van der Waals surface area contributed by atoms with Crippen LogP contribution in [0.15, 0.2) is 0 Å². The monoisotopic (exact) mass is 187 g/mol. The normalized spacial score (nSPS) is 13.2. The summed E-state index contributed by atoms with van der Waals surface area (Å²) in [7, 11) is 2.20. The summed E-state index contributed by atoms with van der Waals surface area (Å²) in [4.78, 5) is 2.41. The lowest BCUT2D eigenvalue weighted by atomic mass is 9.97. The topological polar surface area (TPSA) is 3.24 Å². The average Bonchev–Trinajstić information content (AvgIpc) is 2.07. The quantitative estimate of drug-likeness (QED) is 0.649. The predicted molar refractivity (Wildman–Crippen MR) is 63.1 cm³/mol. The highest BCUT2D eigenvalue weighted by Gasteiger charge is 2.11. The maximum absolute atomic E-state index is 2.41. The Hall–Kier alpha value is -0.0400. The first-order valence-corrected chi connectivity index (χ1v) is 5.65. The molecule has 0 aromatic carbocycles. The lowest BCUT2D eigenvalue weighted by Gasteiger charge is -2.26. The lowest BCUT2D eigenvalue weighted by molar-refractivity contribution is 0.211. The molecule has 0 rings (SSSR count). The van der Waals surface area contributed by atoms with Gasteiger partial charge in [-0.3, -0.25) is 0 Å². The zero-order valence-electron chi connectivity index (χ0n) is 10.9. The second-order valence-corrected chi connectivity index (χ2v) is 4.25. The van der Waals surface area contributed by atoms with Crippen molar-refractivity contribution in [2.24, 2.45) is 11.8 Å². The minimum atomic E-state index is 0.677. The molecule has 0 aliphatic carbocycles. The maximum Gasteiger partial charge on any atom is 0.00356 e. The van der Waals surface area contributed by atoms with Crippen molar-refractivity contribution in [2.45, 2.75) is 54.5 Å². The van der Waals surface area contributed by atoms with Crippen LogP contribution in [0.25, 0.3) is 0 Å². The van der Waals surface area contributed by atoms with Gasteiger partial charge in [-0.05, 0) is 32.7 Å². The molecule has 0 aliphatic rings. The largest absolute Gasteiger partial charge is 0.304 e. The van der Waals surface area contributed by atoms with Gasteiger partial charge in [0.05, 0.1) is 0 Å². The van der Waals surface area contributed by atoms with Crippen LogP contribution < -0.4 is 0 Å². The van der Waals surface area contributed by atoms with E-state index in [9.17, 15) is 0 Å². The van der Waals surface area contributed by atoms with E-state index < -0.39 is 0 Å². The van der Waals surface area contributed by atoms with Gasteiger partial charge in [0.15, 0.2) is 0 Å². The molecular formula is C12H29N. The van der Waals surface area contributed by atoms with Crippen molar-refractivity contribution >= 4 is 0 Å². The highest BCUT2D eigenvalue weighted by Crippen LogP contribution is 2.11. The molecule has 0 bridgehead atoms. The van der Waals surface area contributed by atoms with Crippen LogP contribution in [0.4, 0.5) is 0 Å². The van der Waals surface area contributed by atoms with Gasteiger partial charge in [-0.15, -0.1) is 0 Å². The van der Waals surface area contributed by atoms with Crippen LogP contribution in [0, 0.1) is 11.8 Å². The van der Waals surface area contributed by atoms with Crippen molar-refractivity contribution < 1.29 is 0 Å². The van der Waals surface area contributed by atoms with E-state index in [0.29, 0.717) is 6.04 Å². The van der Waals surface area contributed by atoms with E-state index in [0.717, 1.165) is 11.8 Å². The van der Waals surface area contributed by atoms with Gasteiger partial charge in [0, 0.05) is 12.6 Å². The molecule has 0 saturated heterocycles. The van der Waals surface area contributed by atoms with Crippen LogP contribution in [-0.4, -0.2) is 24.5 Å². The van der Waals surface area contributed by atoms with Gasteiger partial charge in [-0.1, -0.05) is 34.6 Å². The Balaban J connectivity index is 0. The zero-order chi connectivity index (χ0) is 11.0. The summed E-state index contributed by atoms with van der Waals surface area (Å²) in [6, 6.07) is 0.677. The van der Waals surface area contributed by atoms with Crippen molar-refractivity contribution in [3.05, 3.63) is 0 Å². The minimum absolute atomic E-state index is 0.677. The summed E-state index contributed by atoms with van der Waals surface area (Å²) in [6.07, 6.45) is 0. The van der Waals surface area contributed by atoms with Crippen LogP contribution >= 0.6 is 0 Å². The lowest BCUT2D eigenvalue weighted by Crippen LogP contribution is -2.32. The molecule has 0 aromatic rings. The first-order chi connectivity index (χ1) is 5.95. The molecule has 1 atom stereocenters. The highest BCUT2D eigenvalue weighted by atomic mass is 15.1. The molecule has 0 spiro atoms. The van der Waals surface area contributed by atoms with Crippen molar-refractivity contribution in [3.8, 4) is 0 Å². The fraction of sp³-hybridized carbons (Fsp3) is 1.00. The van der Waals surface area contributed by atoms with Gasteiger partial charge >= 0.3 is 0 Å². The molecule has 13 heavy (non-hydrogen) atoms. The number of rotatable bonds is 4. The fourth-order valence-electron chi connectivity index (χ4n) is 0.876. The molecule has 0 heterocycles. The number of nitrogens with zero attached hydrogens (tertiary/aromatic N) is 1. The van der Waals surface area contributed by atoms with E-state index in [1.165, 1.54) is 6.54 Å². The van der Waals surface area contributed by atoms with E-state index in [-0.39, 0.29) is 0 Å². The molecular weight excluding hydrogens is 158 g/mol. The Bertz CT molecular complexity index is 85.3. The van der Waals surface area contributed by atoms with E-state index >= 15 is 0 Å². The molecule has 0 radical (unpaired) electrons. The van der Waals surface area contributed by atoms with Crippen molar-refractivity contribution in [2.75, 3.05) is 13.6 Å². The summed E-state index contributed by atoms with van der Waals surface area (Å²) in [6.45, 7) is 16.6. The molecule has 0 saturated carbocycles. The van der Waals surface area contributed by atoms with Gasteiger partial charge in [0.1, 0.15) is 0 Å². The summed E-state index contributed by atoms with van der Waals surface area (Å²) in [5, 5.41) is 0. The minimum Gasteiger partial charge on any atom is -0.304 e. The van der Waals surface area contributed by atoms with Crippen molar-refractivity contribution in [3.63, 3.8) is 0 Å². The average molecular weight is 187 g/mol. The zero-order valence-corrected chi connectivity index (χ0v) is 10.9. The molecule has 0 fully saturated rings. The third-order valence-electron chi connectivity index (χ3n) is 2.60. The summed E-state index contributed by atoms with van der Waals surface area (Å²) >= 11 is 0. The summed E-state index contributed by atoms with van der Waals surface area (Å²) < 4.78 is 0. The molecule has 0 aromatic heterocycles. The number of hydrogen-bond donors (Lipinski definition) is 0. The standard InChI is InChI=1S/C10H23N.C2H6/c1-8(2)10(5)7-11(6)9(3)4;1-2/h8-10H,7H2,1-6H3;1-2H3/t10-;/m1./s1. The Morgan fingerprint density at radius 2 is 1.31 bits per heavy atom. The van der Waals surface area contributed by atoms with Gasteiger partial charge in [0.2, 0.25) is 0 Å². The van der Waals surface area contributed by atoms with Gasteiger partial charge in [-0.2, -0.15) is 0 Å². The van der Waals surface area contributed by atoms with Crippen LogP contribution in [-0.2, 0) is 0 Å². The Morgan fingerprint density at radius 1 is 0.923 bits per heavy atom. The first-order valence-electron chi connectivity index (χ1n) is 5.65. The molecule has 0 N–H and O–H groups in total. The molecule has 0 aliphatic heterocycles. The third kappa shape index (κ3) is 8.29. The van der Waals surface area contributed by atoms with Crippen molar-refractivity contribution in [1.82, 2.24) is 4.90 Å². The molecule has 82 valence electrons. The van der Waals surface area contributed by atoms with Crippen LogP contribution in [0.1, 0.15) is 48.5 Å². The number of hydrogen-bond acceptors (Lipinski definition) is 1. The van der Waals surface area contributed by atoms with E-state index in [1.807, 2.05) is 13.8 Å². The second kappa shape index (κ2) is 8.55. The molecule has 0 amide bonds. The van der Waals surface area contributed by atoms with Crippen LogP contribution in [0.3, 0.4) is 0 Å². The van der Waals surface area contributed by atoms with E-state index in [4.69, 9.17) is 0 Å². The highest BCUT2D eigenvalue weighted by molar-refractivity contribution is 4.64. The SMILES string of the molecule is CC.CC(C)[C@H](C)CN(C)C(C)C. The summed E-state index contributed by atoms with van der Waals surface area (Å²) in [5.74, 6) is 1.61. The van der Waals surface area contributed by atoms with Crippen LogP contribution in [0.2, 0.25) is 0 Å². The maximum atomic E-state index is 2.41. The summed E-state index contributed by atoms with van der Waals surface area (Å²) in [5.41, 5.74) is 0. The molecule has 1 nitrogen and oxygen atoms in total. The molecule has 1 heteroatoms. The van der Waals surface area contributed by atoms with Gasteiger partial charge < -0.3 is 4.90 Å². The van der Waals surface area contributed by atoms with Gasteiger partial charge in [0.25, 0.3) is 0 Å². The van der Waals surface area contributed by atoms with E-state index in [2.05, 4.69) is 46.6 Å². The Labute approximate surface area is 85.5 Å². The predicted octanol–water partition coefficient (Wildman–Crippen LogP) is 3.64. The van der Waals surface area contributed by atoms with Crippen LogP contribution in [0.5, 0.6) is 0 Å². The third-order valence-corrected chi connectivity index (χ3v) is 2.60. The Morgan fingerprint density at radius 3 is 1.54 bits per heavy atom. The smallest absolute Gasteiger partial charge is 0.00356 e. The fourth-order valence-corrected chi connectivity index (χ4v) is 0.876. The first kappa shape index (κ1) is 15.4. The second-order valence-electron chi connectivity index (χ2n) is 4.25. The molecule has 0 unspecified atom stereocenters. The van der Waals surface area contributed by atoms with Gasteiger partial charge in [-0.25, -0.2) is 0 Å². The van der Waals surface area contributed by atoms with E-state index in [1.54, 1.807) is 0 Å². The van der Waals surface area contributed by atoms with Crippen molar-refractivity contribution in [1.29, 1.82) is 0 Å².